The third kappa shape index (κ3) is 11.9. The van der Waals surface area contributed by atoms with Crippen molar-refractivity contribution in [3.05, 3.63) is 189 Å². The molecule has 2 aliphatic rings. The lowest BCUT2D eigenvalue weighted by atomic mass is 9.64. The molecule has 2 amide bonds. The van der Waals surface area contributed by atoms with Gasteiger partial charge in [0.25, 0.3) is 20.3 Å². The van der Waals surface area contributed by atoms with Crippen molar-refractivity contribution in [3.63, 3.8) is 0 Å². The van der Waals surface area contributed by atoms with Gasteiger partial charge in [0.2, 0.25) is 0 Å². The molecule has 0 bridgehead atoms. The second-order valence-corrected chi connectivity index (χ2v) is 19.3. The highest BCUT2D eigenvalue weighted by molar-refractivity contribution is 7.43. The van der Waals surface area contributed by atoms with E-state index in [9.17, 15) is 24.4 Å². The minimum atomic E-state index is -2.71. The zero-order valence-corrected chi connectivity index (χ0v) is 42.6. The molecule has 5 aromatic carbocycles. The van der Waals surface area contributed by atoms with Crippen LogP contribution in [0.2, 0.25) is 0 Å². The molecule has 1 aromatic heterocycles. The number of amides is 2. The van der Waals surface area contributed by atoms with Gasteiger partial charge in [0.15, 0.2) is 12.3 Å². The number of aromatic nitrogens is 2. The van der Waals surface area contributed by atoms with Crippen molar-refractivity contribution >= 4 is 26.2 Å². The monoisotopic (exact) mass is 1010 g/mol. The van der Waals surface area contributed by atoms with E-state index >= 15 is 0 Å². The summed E-state index contributed by atoms with van der Waals surface area (Å²) < 4.78 is 25.7. The summed E-state index contributed by atoms with van der Waals surface area (Å²) in [6.45, 7) is 2.60. The number of anilines is 1. The van der Waals surface area contributed by atoms with Gasteiger partial charge in [-0.1, -0.05) is 162 Å². The van der Waals surface area contributed by atoms with Gasteiger partial charge in [-0.2, -0.15) is 4.98 Å². The Kier molecular flexibility index (Phi) is 18.2. The number of benzene rings is 5. The fourth-order valence-corrected chi connectivity index (χ4v) is 10.7. The molecule has 15 nitrogen and oxygen atoms in total. The first kappa shape index (κ1) is 53.0. The number of imide groups is 1. The Hall–Kier alpha value is -6.29. The van der Waals surface area contributed by atoms with Gasteiger partial charge in [0, 0.05) is 12.7 Å². The SMILES string of the molecule is CCCCCCCCCCCCc1cccc2c1C(=O)N(O[C@@H]1[C@H](O)[C@@H](C(OP(N)O)C(c3ccccc3)(c3ccc(OC)cc3)c3ccc(OC)cc3)O[C@H]1n1ccc(NCc3ccccc3)nc1=O)C2=O. The molecule has 3 heterocycles. The van der Waals surface area contributed by atoms with Crippen molar-refractivity contribution in [1.82, 2.24) is 14.6 Å². The van der Waals surface area contributed by atoms with Crippen LogP contribution in [-0.4, -0.2) is 75.1 Å². The van der Waals surface area contributed by atoms with Crippen LogP contribution < -0.4 is 26.0 Å². The Balaban J connectivity index is 1.17. The average molecular weight is 1010 g/mol. The molecule has 0 radical (unpaired) electrons. The molecule has 2 aliphatic heterocycles. The quantitative estimate of drug-likeness (QED) is 0.0174. The van der Waals surface area contributed by atoms with E-state index in [0.717, 1.165) is 41.4 Å². The van der Waals surface area contributed by atoms with Crippen LogP contribution in [0, 0.1) is 0 Å². The van der Waals surface area contributed by atoms with E-state index in [1.54, 1.807) is 56.7 Å². The average Bonchev–Trinajstić information content (AvgIpc) is 3.86. The molecule has 6 atom stereocenters. The highest BCUT2D eigenvalue weighted by atomic mass is 31.2. The highest BCUT2D eigenvalue weighted by Crippen LogP contribution is 2.51. The summed E-state index contributed by atoms with van der Waals surface area (Å²) in [6.07, 6.45) is 5.72. The molecule has 8 rings (SSSR count). The third-order valence-corrected chi connectivity index (χ3v) is 14.4. The number of nitrogens with two attached hydrogens (primary N) is 1. The second-order valence-electron chi connectivity index (χ2n) is 18.5. The lowest BCUT2D eigenvalue weighted by Gasteiger charge is -2.45. The zero-order chi connectivity index (χ0) is 51.3. The van der Waals surface area contributed by atoms with Gasteiger partial charge in [0.1, 0.15) is 35.6 Å². The molecule has 6 aromatic rings. The number of carbonyl (C=O) groups excluding carboxylic acids is 2. The van der Waals surface area contributed by atoms with E-state index in [1.807, 2.05) is 91.0 Å². The van der Waals surface area contributed by atoms with Crippen LogP contribution >= 0.6 is 8.53 Å². The number of methoxy groups -OCH3 is 2. The predicted octanol–water partition coefficient (Wildman–Crippen LogP) is 9.79. The summed E-state index contributed by atoms with van der Waals surface area (Å²) >= 11 is 0. The summed E-state index contributed by atoms with van der Waals surface area (Å²) in [7, 11) is 0.404. The van der Waals surface area contributed by atoms with Gasteiger partial charge < -0.3 is 34.1 Å². The van der Waals surface area contributed by atoms with Crippen LogP contribution in [0.25, 0.3) is 0 Å². The van der Waals surface area contributed by atoms with Crippen LogP contribution in [0.1, 0.15) is 126 Å². The smallest absolute Gasteiger partial charge is 0.351 e. The normalized spacial score (nSPS) is 18.4. The number of ether oxygens (including phenoxy) is 3. The highest BCUT2D eigenvalue weighted by Gasteiger charge is 2.59. The molecule has 5 N–H and O–H groups in total. The standard InChI is InChI=1S/C57H66N5O10P/c1-4-5-6-7-8-9-10-11-12-17-23-40-24-20-27-46-48(40)54(65)62(53(46)64)71-51-49(63)50(70-55(51)61-37-36-47(60-56(61)66)59-38-39-21-15-13-16-22-39)52(72-73(58)67)57(41-25-18-14-19-26-41,42-28-32-44(68-2)33-29-42)43-30-34-45(69-3)35-31-43/h13-16,18-22,24-37,49-52,55,63,67H,4-12,17,23,38,58H2,1-3H3,(H,59,60,66)/t49-,50+,51-,52?,55-,73?/m1/s1. The number of aryl methyl sites for hydroxylation is 1. The summed E-state index contributed by atoms with van der Waals surface area (Å²) in [5, 5.41) is 16.8. The summed E-state index contributed by atoms with van der Waals surface area (Å²) in [6, 6.07) is 40.2. The lowest BCUT2D eigenvalue weighted by molar-refractivity contribution is -0.178. The molecule has 384 valence electrons. The van der Waals surface area contributed by atoms with Gasteiger partial charge in [-0.25, -0.2) is 4.79 Å². The Labute approximate surface area is 428 Å². The van der Waals surface area contributed by atoms with E-state index in [4.69, 9.17) is 29.1 Å². The second kappa shape index (κ2) is 25.1. The van der Waals surface area contributed by atoms with Crippen molar-refractivity contribution in [2.45, 2.75) is 120 Å². The van der Waals surface area contributed by atoms with Crippen LogP contribution in [0.3, 0.4) is 0 Å². The molecule has 1 fully saturated rings. The van der Waals surface area contributed by atoms with Gasteiger partial charge in [-0.3, -0.25) is 24.5 Å². The third-order valence-electron chi connectivity index (χ3n) is 13.9. The van der Waals surface area contributed by atoms with Crippen LogP contribution in [0.15, 0.2) is 144 Å². The van der Waals surface area contributed by atoms with Gasteiger partial charge >= 0.3 is 5.69 Å². The molecule has 1 saturated heterocycles. The van der Waals surface area contributed by atoms with E-state index in [-0.39, 0.29) is 16.9 Å². The maximum atomic E-state index is 14.6. The van der Waals surface area contributed by atoms with Crippen molar-refractivity contribution in [1.29, 1.82) is 0 Å². The maximum absolute atomic E-state index is 14.6. The van der Waals surface area contributed by atoms with E-state index in [0.29, 0.717) is 46.2 Å². The van der Waals surface area contributed by atoms with Gasteiger partial charge in [-0.05, 0) is 77.1 Å². The number of aliphatic hydroxyl groups excluding tert-OH is 1. The number of nitrogens with one attached hydrogen (secondary N) is 1. The Bertz CT molecular complexity index is 2750. The number of aliphatic hydroxyl groups is 1. The maximum Gasteiger partial charge on any atom is 0.351 e. The van der Waals surface area contributed by atoms with E-state index < -0.39 is 62.1 Å². The van der Waals surface area contributed by atoms with E-state index in [2.05, 4.69) is 17.2 Å². The number of hydrogen-bond acceptors (Lipinski definition) is 13. The van der Waals surface area contributed by atoms with Crippen LogP contribution in [-0.2, 0) is 32.5 Å². The summed E-state index contributed by atoms with van der Waals surface area (Å²) in [5.41, 5.74) is 7.96. The van der Waals surface area contributed by atoms with Crippen LogP contribution in [0.5, 0.6) is 11.5 Å². The molecule has 73 heavy (non-hydrogen) atoms. The lowest BCUT2D eigenvalue weighted by Crippen LogP contribution is -2.54. The van der Waals surface area contributed by atoms with Crippen molar-refractivity contribution in [3.8, 4) is 11.5 Å². The fraction of sp³-hybridized carbons (Fsp3) is 0.368. The largest absolute Gasteiger partial charge is 0.497 e. The first-order valence-electron chi connectivity index (χ1n) is 25.2. The molecule has 0 spiro atoms. The number of fused-ring (bicyclic) bond motifs is 1. The van der Waals surface area contributed by atoms with Crippen molar-refractivity contribution in [2.24, 2.45) is 5.50 Å². The van der Waals surface area contributed by atoms with Gasteiger partial charge in [-0.15, -0.1) is 5.06 Å². The zero-order valence-electron chi connectivity index (χ0n) is 41.7. The molecule has 16 heteroatoms. The Morgan fingerprint density at radius 3 is 1.88 bits per heavy atom. The van der Waals surface area contributed by atoms with Crippen LogP contribution in [0.4, 0.5) is 5.82 Å². The minimum Gasteiger partial charge on any atom is -0.497 e. The first-order chi connectivity index (χ1) is 35.6. The Morgan fingerprint density at radius 1 is 0.726 bits per heavy atom. The fourth-order valence-electron chi connectivity index (χ4n) is 10.2. The summed E-state index contributed by atoms with van der Waals surface area (Å²) in [5.74, 6) is -0.0351. The van der Waals surface area contributed by atoms with Crippen molar-refractivity contribution in [2.75, 3.05) is 19.5 Å². The number of unbranched alkanes of at least 4 members (excludes halogenated alkanes) is 9. The number of hydrogen-bond donors (Lipinski definition) is 4. The summed E-state index contributed by atoms with van der Waals surface area (Å²) in [4.78, 5) is 65.3. The number of rotatable bonds is 26. The first-order valence-corrected chi connectivity index (χ1v) is 26.5. The topological polar surface area (TPSA) is 197 Å². The molecular weight excluding hydrogens is 946 g/mol. The molecular formula is C57H66N5O10P. The number of carbonyl (C=O) groups is 2. The number of nitrogens with zero attached hydrogens (tertiary/aromatic N) is 3. The predicted molar refractivity (Wildman–Crippen MR) is 280 cm³/mol. The van der Waals surface area contributed by atoms with Crippen molar-refractivity contribution < 1.29 is 43.2 Å². The Morgan fingerprint density at radius 2 is 1.30 bits per heavy atom. The van der Waals surface area contributed by atoms with E-state index in [1.165, 1.54) is 44.7 Å². The molecule has 0 saturated carbocycles. The number of hydroxylamine groups is 2. The molecule has 2 unspecified atom stereocenters. The molecule has 0 aliphatic carbocycles. The van der Waals surface area contributed by atoms with Gasteiger partial charge in [0.05, 0.1) is 30.8 Å². The minimum absolute atomic E-state index is 0.168.